The summed E-state index contributed by atoms with van der Waals surface area (Å²) in [5.74, 6) is 0.719. The van der Waals surface area contributed by atoms with Gasteiger partial charge >= 0.3 is 0 Å². The lowest BCUT2D eigenvalue weighted by molar-refractivity contribution is -0.384. The van der Waals surface area contributed by atoms with Crippen molar-refractivity contribution in [3.63, 3.8) is 0 Å². The smallest absolute Gasteiger partial charge is 0.270 e. The van der Waals surface area contributed by atoms with Crippen LogP contribution in [-0.2, 0) is 5.75 Å². The van der Waals surface area contributed by atoms with Gasteiger partial charge in [-0.3, -0.25) is 25.1 Å². The molecule has 0 aliphatic rings. The number of thioether (sulfide) groups is 1. The monoisotopic (exact) mass is 421 g/mol. The van der Waals surface area contributed by atoms with E-state index in [-0.39, 0.29) is 11.6 Å². The van der Waals surface area contributed by atoms with Crippen LogP contribution in [0.1, 0.15) is 15.9 Å². The minimum Gasteiger partial charge on any atom is -0.305 e. The number of nitrogens with one attached hydrogen (secondary N) is 3. The Labute approximate surface area is 174 Å². The number of aromatic nitrogens is 5. The van der Waals surface area contributed by atoms with Crippen molar-refractivity contribution in [3.05, 3.63) is 82.2 Å². The minimum absolute atomic E-state index is 0.0192. The van der Waals surface area contributed by atoms with Crippen molar-refractivity contribution in [2.24, 2.45) is 0 Å². The first kappa shape index (κ1) is 19.3. The number of benzene rings is 2. The zero-order valence-electron chi connectivity index (χ0n) is 15.4. The van der Waals surface area contributed by atoms with Gasteiger partial charge in [0.05, 0.1) is 10.6 Å². The summed E-state index contributed by atoms with van der Waals surface area (Å²) in [4.78, 5) is 27.0. The molecular weight excluding hydrogens is 406 g/mol. The number of anilines is 1. The van der Waals surface area contributed by atoms with E-state index >= 15 is 0 Å². The first-order chi connectivity index (χ1) is 14.6. The number of nitro benzene ring substituents is 1. The molecule has 2 aromatic heterocycles. The van der Waals surface area contributed by atoms with E-state index in [1.807, 2.05) is 12.1 Å². The summed E-state index contributed by atoms with van der Waals surface area (Å²) in [6.45, 7) is 0. The standard InChI is InChI=1S/C19H15N7O3S/c27-18(13-6-4-12(5-7-13)10-30-19-20-11-21-25-19)22-17-9-16(23-24-17)14-2-1-3-15(8-14)26(28)29/h1-9,11H,10H2,(H,20,21,25)(H2,22,23,24,27). The zero-order chi connectivity index (χ0) is 20.9. The number of hydrogen-bond acceptors (Lipinski definition) is 7. The van der Waals surface area contributed by atoms with Gasteiger partial charge in [-0.05, 0) is 17.7 Å². The largest absolute Gasteiger partial charge is 0.305 e. The quantitative estimate of drug-likeness (QED) is 0.235. The molecule has 0 saturated heterocycles. The van der Waals surface area contributed by atoms with Gasteiger partial charge in [0.25, 0.3) is 11.6 Å². The summed E-state index contributed by atoms with van der Waals surface area (Å²) >= 11 is 1.51. The molecule has 0 radical (unpaired) electrons. The molecule has 2 heterocycles. The van der Waals surface area contributed by atoms with Crippen LogP contribution in [0.15, 0.2) is 66.1 Å². The Morgan fingerprint density at radius 1 is 1.13 bits per heavy atom. The van der Waals surface area contributed by atoms with Crippen LogP contribution >= 0.6 is 11.8 Å². The van der Waals surface area contributed by atoms with Crippen molar-refractivity contribution in [1.29, 1.82) is 0 Å². The van der Waals surface area contributed by atoms with Gasteiger partial charge in [-0.2, -0.15) is 10.2 Å². The third-order valence-electron chi connectivity index (χ3n) is 4.17. The summed E-state index contributed by atoms with van der Waals surface area (Å²) in [6.07, 6.45) is 1.45. The number of hydrogen-bond donors (Lipinski definition) is 3. The van der Waals surface area contributed by atoms with Gasteiger partial charge in [0.15, 0.2) is 11.0 Å². The lowest BCUT2D eigenvalue weighted by Crippen LogP contribution is -2.12. The Morgan fingerprint density at radius 2 is 1.97 bits per heavy atom. The second kappa shape index (κ2) is 8.57. The van der Waals surface area contributed by atoms with E-state index in [0.717, 1.165) is 10.7 Å². The van der Waals surface area contributed by atoms with Gasteiger partial charge in [-0.25, -0.2) is 4.98 Å². The number of nitro groups is 1. The fourth-order valence-corrected chi connectivity index (χ4v) is 3.41. The Kier molecular flexibility index (Phi) is 5.52. The third kappa shape index (κ3) is 4.52. The van der Waals surface area contributed by atoms with Crippen molar-refractivity contribution < 1.29 is 9.72 Å². The summed E-state index contributed by atoms with van der Waals surface area (Å²) < 4.78 is 0. The minimum atomic E-state index is -0.462. The molecule has 0 unspecified atom stereocenters. The fourth-order valence-electron chi connectivity index (χ4n) is 2.68. The number of carbonyl (C=O) groups is 1. The predicted molar refractivity (Wildman–Crippen MR) is 111 cm³/mol. The van der Waals surface area contributed by atoms with Crippen LogP contribution in [0, 0.1) is 10.1 Å². The molecule has 150 valence electrons. The zero-order valence-corrected chi connectivity index (χ0v) is 16.2. The maximum absolute atomic E-state index is 12.5. The van der Waals surface area contributed by atoms with Gasteiger partial charge < -0.3 is 5.32 Å². The number of amides is 1. The van der Waals surface area contributed by atoms with Crippen LogP contribution in [0.3, 0.4) is 0 Å². The van der Waals surface area contributed by atoms with Gasteiger partial charge in [0, 0.05) is 35.1 Å². The van der Waals surface area contributed by atoms with E-state index in [4.69, 9.17) is 0 Å². The molecule has 0 bridgehead atoms. The molecule has 11 heteroatoms. The van der Waals surface area contributed by atoms with Gasteiger partial charge in [-0.1, -0.05) is 36.0 Å². The van der Waals surface area contributed by atoms with Crippen LogP contribution < -0.4 is 5.32 Å². The molecular formula is C19H15N7O3S. The first-order valence-electron chi connectivity index (χ1n) is 8.77. The van der Waals surface area contributed by atoms with Gasteiger partial charge in [-0.15, -0.1) is 0 Å². The lowest BCUT2D eigenvalue weighted by Gasteiger charge is -2.04. The van der Waals surface area contributed by atoms with E-state index in [1.165, 1.54) is 30.2 Å². The van der Waals surface area contributed by atoms with Crippen molar-refractivity contribution in [2.75, 3.05) is 5.32 Å². The highest BCUT2D eigenvalue weighted by Crippen LogP contribution is 2.24. The van der Waals surface area contributed by atoms with Crippen molar-refractivity contribution in [1.82, 2.24) is 25.4 Å². The molecule has 30 heavy (non-hydrogen) atoms. The highest BCUT2D eigenvalue weighted by atomic mass is 32.2. The van der Waals surface area contributed by atoms with E-state index in [1.54, 1.807) is 30.3 Å². The SMILES string of the molecule is O=C(Nc1cc(-c2cccc([N+](=O)[O-])c2)[nH]n1)c1ccc(CSc2ncn[nH]2)cc1. The molecule has 2 aromatic carbocycles. The van der Waals surface area contributed by atoms with Crippen molar-refractivity contribution in [2.45, 2.75) is 10.9 Å². The summed E-state index contributed by atoms with van der Waals surface area (Å²) in [5.41, 5.74) is 2.68. The maximum Gasteiger partial charge on any atom is 0.270 e. The van der Waals surface area contributed by atoms with Crippen molar-refractivity contribution >= 4 is 29.2 Å². The predicted octanol–water partition coefficient (Wildman–Crippen LogP) is 3.65. The number of rotatable bonds is 7. The Bertz CT molecular complexity index is 1170. The second-order valence-corrected chi connectivity index (χ2v) is 7.17. The molecule has 0 atom stereocenters. The Balaban J connectivity index is 1.39. The van der Waals surface area contributed by atoms with Crippen molar-refractivity contribution in [3.8, 4) is 11.3 Å². The van der Waals surface area contributed by atoms with Crippen LogP contribution in [0.25, 0.3) is 11.3 Å². The lowest BCUT2D eigenvalue weighted by atomic mass is 10.1. The Morgan fingerprint density at radius 3 is 2.70 bits per heavy atom. The fraction of sp³-hybridized carbons (Fsp3) is 0.0526. The highest BCUT2D eigenvalue weighted by molar-refractivity contribution is 7.98. The van der Waals surface area contributed by atoms with Crippen LogP contribution in [0.4, 0.5) is 11.5 Å². The summed E-state index contributed by atoms with van der Waals surface area (Å²) in [6, 6.07) is 15.0. The van der Waals surface area contributed by atoms with E-state index < -0.39 is 4.92 Å². The number of carbonyl (C=O) groups excluding carboxylic acids is 1. The van der Waals surface area contributed by atoms with Crippen LogP contribution in [-0.4, -0.2) is 36.2 Å². The second-order valence-electron chi connectivity index (χ2n) is 6.20. The summed E-state index contributed by atoms with van der Waals surface area (Å²) in [5, 5.41) is 27.8. The third-order valence-corrected chi connectivity index (χ3v) is 5.12. The summed E-state index contributed by atoms with van der Waals surface area (Å²) in [7, 11) is 0. The average molecular weight is 421 g/mol. The van der Waals surface area contributed by atoms with Gasteiger partial charge in [0.1, 0.15) is 6.33 Å². The molecule has 10 nitrogen and oxygen atoms in total. The topological polar surface area (TPSA) is 142 Å². The Hall–Kier alpha value is -3.99. The van der Waals surface area contributed by atoms with Crippen LogP contribution in [0.5, 0.6) is 0 Å². The molecule has 3 N–H and O–H groups in total. The van der Waals surface area contributed by atoms with E-state index in [9.17, 15) is 14.9 Å². The number of nitrogens with zero attached hydrogens (tertiary/aromatic N) is 4. The highest BCUT2D eigenvalue weighted by Gasteiger charge is 2.12. The molecule has 0 fully saturated rings. The molecule has 0 spiro atoms. The van der Waals surface area contributed by atoms with Crippen LogP contribution in [0.2, 0.25) is 0 Å². The van der Waals surface area contributed by atoms with E-state index in [0.29, 0.717) is 28.4 Å². The van der Waals surface area contributed by atoms with E-state index in [2.05, 4.69) is 30.7 Å². The molecule has 4 rings (SSSR count). The first-order valence-corrected chi connectivity index (χ1v) is 9.76. The molecule has 0 aliphatic heterocycles. The maximum atomic E-state index is 12.5. The normalized spacial score (nSPS) is 10.7. The van der Waals surface area contributed by atoms with Gasteiger partial charge in [0.2, 0.25) is 0 Å². The number of aromatic amines is 2. The molecule has 0 saturated carbocycles. The number of H-pyrrole nitrogens is 2. The molecule has 4 aromatic rings. The number of non-ortho nitro benzene ring substituents is 1. The molecule has 0 aliphatic carbocycles. The average Bonchev–Trinajstić information content (AvgIpc) is 3.45. The molecule has 1 amide bonds.